The molecule has 2 fully saturated rings. The molecule has 0 saturated carbocycles. The lowest BCUT2D eigenvalue weighted by Gasteiger charge is -2.41. The van der Waals surface area contributed by atoms with Crippen molar-refractivity contribution in [3.05, 3.63) is 24.3 Å². The van der Waals surface area contributed by atoms with Gasteiger partial charge in [0.2, 0.25) is 5.91 Å². The summed E-state index contributed by atoms with van der Waals surface area (Å²) in [5.74, 6) is 0.155. The zero-order chi connectivity index (χ0) is 12.3. The molecule has 1 amide bonds. The number of amides is 1. The number of nitrogens with zero attached hydrogens (tertiary/aromatic N) is 2. The Morgan fingerprint density at radius 1 is 1.29 bits per heavy atom. The van der Waals surface area contributed by atoms with E-state index in [-0.39, 0.29) is 5.91 Å². The number of piperazine rings is 1. The molecular formula is C14H22N2O. The number of carbonyl (C=O) groups excluding carboxylic acids is 1. The standard InChI is InChI=1S/C14H22N2O/c1-3-4-5-8-14(17)16-11-13-7-6-9-15(13)10-12(16)2/h3-5,8,12-13H,6-7,9-11H2,1-2H3/b4-3+,8-5+. The summed E-state index contributed by atoms with van der Waals surface area (Å²) >= 11 is 0. The zero-order valence-electron chi connectivity index (χ0n) is 10.8. The van der Waals surface area contributed by atoms with Crippen molar-refractivity contribution >= 4 is 5.91 Å². The van der Waals surface area contributed by atoms with Crippen LogP contribution in [0.5, 0.6) is 0 Å². The van der Waals surface area contributed by atoms with Crippen LogP contribution in [-0.2, 0) is 4.79 Å². The smallest absolute Gasteiger partial charge is 0.246 e. The van der Waals surface area contributed by atoms with Crippen LogP contribution in [0.4, 0.5) is 0 Å². The lowest BCUT2D eigenvalue weighted by Crippen LogP contribution is -2.56. The number of rotatable bonds is 2. The minimum Gasteiger partial charge on any atom is -0.334 e. The minimum atomic E-state index is 0.155. The molecular weight excluding hydrogens is 212 g/mol. The molecule has 3 nitrogen and oxygen atoms in total. The van der Waals surface area contributed by atoms with E-state index in [9.17, 15) is 4.79 Å². The van der Waals surface area contributed by atoms with Gasteiger partial charge >= 0.3 is 0 Å². The van der Waals surface area contributed by atoms with Gasteiger partial charge in [0.1, 0.15) is 0 Å². The van der Waals surface area contributed by atoms with E-state index in [1.165, 1.54) is 19.4 Å². The van der Waals surface area contributed by atoms with E-state index in [1.807, 2.05) is 30.1 Å². The second-order valence-corrected chi connectivity index (χ2v) is 5.02. The zero-order valence-corrected chi connectivity index (χ0v) is 10.8. The predicted octanol–water partition coefficient (Wildman–Crippen LogP) is 1.81. The Kier molecular flexibility index (Phi) is 4.00. The molecule has 0 radical (unpaired) electrons. The maximum atomic E-state index is 12.1. The molecule has 0 bridgehead atoms. The Hall–Kier alpha value is -1.09. The maximum Gasteiger partial charge on any atom is 0.246 e. The molecule has 17 heavy (non-hydrogen) atoms. The van der Waals surface area contributed by atoms with Crippen molar-refractivity contribution in [2.75, 3.05) is 19.6 Å². The minimum absolute atomic E-state index is 0.155. The molecule has 2 atom stereocenters. The topological polar surface area (TPSA) is 23.6 Å². The fourth-order valence-electron chi connectivity index (χ4n) is 2.84. The quantitative estimate of drug-likeness (QED) is 0.537. The second kappa shape index (κ2) is 5.50. The van der Waals surface area contributed by atoms with Crippen LogP contribution in [0.3, 0.4) is 0 Å². The molecule has 2 aliphatic heterocycles. The van der Waals surface area contributed by atoms with Gasteiger partial charge in [-0.3, -0.25) is 9.69 Å². The van der Waals surface area contributed by atoms with Crippen molar-refractivity contribution < 1.29 is 4.79 Å². The maximum absolute atomic E-state index is 12.1. The van der Waals surface area contributed by atoms with Crippen LogP contribution in [-0.4, -0.2) is 47.4 Å². The summed E-state index contributed by atoms with van der Waals surface area (Å²) in [6, 6.07) is 0.942. The Labute approximate surface area is 104 Å². The third kappa shape index (κ3) is 2.78. The van der Waals surface area contributed by atoms with Gasteiger partial charge in [-0.25, -0.2) is 0 Å². The summed E-state index contributed by atoms with van der Waals surface area (Å²) in [5, 5.41) is 0. The molecule has 2 rings (SSSR count). The molecule has 0 N–H and O–H groups in total. The Bertz CT molecular complexity index is 335. The van der Waals surface area contributed by atoms with Crippen LogP contribution in [0, 0.1) is 0 Å². The van der Waals surface area contributed by atoms with E-state index in [0.29, 0.717) is 12.1 Å². The van der Waals surface area contributed by atoms with Crippen molar-refractivity contribution in [2.24, 2.45) is 0 Å². The van der Waals surface area contributed by atoms with Gasteiger partial charge in [0.05, 0.1) is 0 Å². The van der Waals surface area contributed by atoms with E-state index in [4.69, 9.17) is 0 Å². The van der Waals surface area contributed by atoms with Gasteiger partial charge in [-0.15, -0.1) is 0 Å². The lowest BCUT2D eigenvalue weighted by molar-refractivity contribution is -0.131. The first-order chi connectivity index (χ1) is 8.22. The Morgan fingerprint density at radius 2 is 2.12 bits per heavy atom. The molecule has 3 heteroatoms. The van der Waals surface area contributed by atoms with Gasteiger partial charge in [0.25, 0.3) is 0 Å². The predicted molar refractivity (Wildman–Crippen MR) is 69.7 cm³/mol. The number of hydrogen-bond acceptors (Lipinski definition) is 2. The van der Waals surface area contributed by atoms with Crippen LogP contribution in [0.15, 0.2) is 24.3 Å². The number of allylic oxidation sites excluding steroid dienone is 3. The largest absolute Gasteiger partial charge is 0.334 e. The monoisotopic (exact) mass is 234 g/mol. The molecule has 2 unspecified atom stereocenters. The first kappa shape index (κ1) is 12.4. The van der Waals surface area contributed by atoms with Gasteiger partial charge in [0, 0.05) is 31.2 Å². The van der Waals surface area contributed by atoms with Crippen molar-refractivity contribution in [3.63, 3.8) is 0 Å². The van der Waals surface area contributed by atoms with Crippen LogP contribution >= 0.6 is 0 Å². The summed E-state index contributed by atoms with van der Waals surface area (Å²) in [4.78, 5) is 16.6. The van der Waals surface area contributed by atoms with E-state index >= 15 is 0 Å². The first-order valence-electron chi connectivity index (χ1n) is 6.56. The van der Waals surface area contributed by atoms with Gasteiger partial charge in [-0.05, 0) is 33.2 Å². The van der Waals surface area contributed by atoms with E-state index in [1.54, 1.807) is 6.08 Å². The van der Waals surface area contributed by atoms with E-state index < -0.39 is 0 Å². The molecule has 0 aliphatic carbocycles. The molecule has 0 aromatic carbocycles. The Balaban J connectivity index is 1.98. The molecule has 0 aromatic rings. The Morgan fingerprint density at radius 3 is 2.88 bits per heavy atom. The van der Waals surface area contributed by atoms with Crippen LogP contribution < -0.4 is 0 Å². The number of hydrogen-bond donors (Lipinski definition) is 0. The fourth-order valence-corrected chi connectivity index (χ4v) is 2.84. The van der Waals surface area contributed by atoms with Crippen molar-refractivity contribution in [1.82, 2.24) is 9.80 Å². The highest BCUT2D eigenvalue weighted by atomic mass is 16.2. The summed E-state index contributed by atoms with van der Waals surface area (Å²) in [6.45, 7) is 7.25. The van der Waals surface area contributed by atoms with Gasteiger partial charge in [-0.2, -0.15) is 0 Å². The molecule has 2 aliphatic rings. The van der Waals surface area contributed by atoms with Crippen molar-refractivity contribution in [3.8, 4) is 0 Å². The SMILES string of the molecule is C/C=C/C=C/C(=O)N1CC2CCCN2CC1C. The van der Waals surface area contributed by atoms with Crippen molar-refractivity contribution in [2.45, 2.75) is 38.8 Å². The summed E-state index contributed by atoms with van der Waals surface area (Å²) in [7, 11) is 0. The van der Waals surface area contributed by atoms with Crippen LogP contribution in [0.1, 0.15) is 26.7 Å². The molecule has 0 spiro atoms. The molecule has 2 heterocycles. The highest BCUT2D eigenvalue weighted by Crippen LogP contribution is 2.24. The number of fused-ring (bicyclic) bond motifs is 1. The third-order valence-electron chi connectivity index (χ3n) is 3.76. The first-order valence-corrected chi connectivity index (χ1v) is 6.56. The summed E-state index contributed by atoms with van der Waals surface area (Å²) in [6.07, 6.45) is 9.87. The molecule has 94 valence electrons. The summed E-state index contributed by atoms with van der Waals surface area (Å²) < 4.78 is 0. The highest BCUT2D eigenvalue weighted by Gasteiger charge is 2.35. The van der Waals surface area contributed by atoms with Crippen molar-refractivity contribution in [1.29, 1.82) is 0 Å². The van der Waals surface area contributed by atoms with Crippen LogP contribution in [0.25, 0.3) is 0 Å². The second-order valence-electron chi connectivity index (χ2n) is 5.02. The molecule has 0 aromatic heterocycles. The average Bonchev–Trinajstić information content (AvgIpc) is 2.75. The van der Waals surface area contributed by atoms with E-state index in [2.05, 4.69) is 11.8 Å². The van der Waals surface area contributed by atoms with Gasteiger partial charge in [-0.1, -0.05) is 18.2 Å². The van der Waals surface area contributed by atoms with E-state index in [0.717, 1.165) is 13.1 Å². The third-order valence-corrected chi connectivity index (χ3v) is 3.76. The summed E-state index contributed by atoms with van der Waals surface area (Å²) in [5.41, 5.74) is 0. The lowest BCUT2D eigenvalue weighted by atomic mass is 10.1. The van der Waals surface area contributed by atoms with Gasteiger partial charge < -0.3 is 4.90 Å². The highest BCUT2D eigenvalue weighted by molar-refractivity contribution is 5.88. The van der Waals surface area contributed by atoms with Crippen LogP contribution in [0.2, 0.25) is 0 Å². The number of carbonyl (C=O) groups is 1. The normalized spacial score (nSPS) is 30.4. The average molecular weight is 234 g/mol. The van der Waals surface area contributed by atoms with Gasteiger partial charge in [0.15, 0.2) is 0 Å². The fraction of sp³-hybridized carbons (Fsp3) is 0.643. The molecule has 2 saturated heterocycles.